The number of benzene rings is 2. The molecular formula is C31H43FN2OSi. The second-order valence-corrected chi connectivity index (χ2v) is 16.4. The van der Waals surface area contributed by atoms with Gasteiger partial charge in [-0.25, -0.2) is 4.39 Å². The molecule has 1 N–H and O–H groups in total. The van der Waals surface area contributed by atoms with Crippen LogP contribution in [-0.2, 0) is 16.9 Å². The number of ether oxygens (including phenoxy) is 1. The van der Waals surface area contributed by atoms with Crippen molar-refractivity contribution < 1.29 is 9.13 Å². The summed E-state index contributed by atoms with van der Waals surface area (Å²) < 4.78 is 20.7. The third-order valence-corrected chi connectivity index (χ3v) is 15.3. The monoisotopic (exact) mass is 506 g/mol. The van der Waals surface area contributed by atoms with E-state index in [1.807, 2.05) is 6.07 Å². The second-order valence-electron chi connectivity index (χ2n) is 11.2. The van der Waals surface area contributed by atoms with Crippen molar-refractivity contribution >= 4 is 24.3 Å². The summed E-state index contributed by atoms with van der Waals surface area (Å²) in [5.74, 6) is 0.431. The van der Waals surface area contributed by atoms with Crippen molar-refractivity contribution in [1.82, 2.24) is 9.88 Å². The van der Waals surface area contributed by atoms with E-state index in [0.29, 0.717) is 12.5 Å². The number of aromatic amines is 1. The van der Waals surface area contributed by atoms with Gasteiger partial charge in [-0.05, 0) is 61.8 Å². The van der Waals surface area contributed by atoms with Gasteiger partial charge >= 0.3 is 0 Å². The van der Waals surface area contributed by atoms with Crippen LogP contribution >= 0.6 is 0 Å². The summed E-state index contributed by atoms with van der Waals surface area (Å²) in [6, 6.07) is 19.9. The number of halogens is 1. The number of hydrogen-bond acceptors (Lipinski definition) is 2. The maximum Gasteiger partial charge on any atom is 0.123 e. The molecule has 0 spiro atoms. The summed E-state index contributed by atoms with van der Waals surface area (Å²) in [6.07, 6.45) is 6.17. The predicted molar refractivity (Wildman–Crippen MR) is 151 cm³/mol. The number of rotatable bonds is 10. The smallest absolute Gasteiger partial charge is 0.123 e. The average Bonchev–Trinajstić information content (AvgIpc) is 3.24. The zero-order valence-corrected chi connectivity index (χ0v) is 23.4. The Kier molecular flexibility index (Phi) is 7.71. The third kappa shape index (κ3) is 4.59. The van der Waals surface area contributed by atoms with Crippen LogP contribution in [0.3, 0.4) is 0 Å². The Balaban J connectivity index is 1.29. The number of fused-ring (bicyclic) bond motifs is 1. The summed E-state index contributed by atoms with van der Waals surface area (Å²) in [6.45, 7) is 10.8. The molecule has 1 aliphatic heterocycles. The maximum absolute atomic E-state index is 14.2. The topological polar surface area (TPSA) is 28.3 Å². The van der Waals surface area contributed by atoms with E-state index < -0.39 is 8.07 Å². The SMILES string of the molecule is CC[Si](CC)(CC)c1[nH]c2ccc(F)cc2c1COCC1CCC(c2ccccc2)(N2CCC2)CC1. The van der Waals surface area contributed by atoms with Crippen molar-refractivity contribution in [3.8, 4) is 0 Å². The molecule has 0 bridgehead atoms. The molecule has 2 aliphatic rings. The van der Waals surface area contributed by atoms with Crippen LogP contribution in [0, 0.1) is 11.7 Å². The molecule has 0 amide bonds. The van der Waals surface area contributed by atoms with Crippen LogP contribution in [0.1, 0.15) is 64.0 Å². The number of likely N-dealkylation sites (tertiary alicyclic amines) is 1. The minimum Gasteiger partial charge on any atom is -0.376 e. The first-order valence-electron chi connectivity index (χ1n) is 14.2. The summed E-state index contributed by atoms with van der Waals surface area (Å²) in [5.41, 5.74) is 3.98. The molecule has 0 unspecified atom stereocenters. The summed E-state index contributed by atoms with van der Waals surface area (Å²) in [7, 11) is -1.66. The second kappa shape index (κ2) is 10.8. The van der Waals surface area contributed by atoms with E-state index >= 15 is 0 Å². The van der Waals surface area contributed by atoms with Crippen LogP contribution < -0.4 is 5.32 Å². The fourth-order valence-electron chi connectivity index (χ4n) is 7.03. The molecule has 1 aliphatic carbocycles. The lowest BCUT2D eigenvalue weighted by Gasteiger charge is -2.52. The van der Waals surface area contributed by atoms with Gasteiger partial charge in [0.1, 0.15) is 13.9 Å². The van der Waals surface area contributed by atoms with Crippen LogP contribution in [0.5, 0.6) is 0 Å². The molecule has 0 radical (unpaired) electrons. The highest BCUT2D eigenvalue weighted by Gasteiger charge is 2.43. The van der Waals surface area contributed by atoms with Crippen molar-refractivity contribution in [3.05, 3.63) is 65.5 Å². The molecule has 1 aromatic heterocycles. The highest BCUT2D eigenvalue weighted by Crippen LogP contribution is 2.46. The zero-order valence-electron chi connectivity index (χ0n) is 22.4. The highest BCUT2D eigenvalue weighted by molar-refractivity contribution is 6.91. The van der Waals surface area contributed by atoms with Crippen molar-refractivity contribution in [2.45, 2.75) is 83.2 Å². The van der Waals surface area contributed by atoms with Crippen LogP contribution in [0.4, 0.5) is 4.39 Å². The Hall–Kier alpha value is -1.95. The molecule has 2 aromatic carbocycles. The molecule has 2 fully saturated rings. The van der Waals surface area contributed by atoms with Crippen LogP contribution in [-0.4, -0.2) is 37.7 Å². The molecule has 2 heterocycles. The maximum atomic E-state index is 14.2. The van der Waals surface area contributed by atoms with Crippen LogP contribution in [0.15, 0.2) is 48.5 Å². The predicted octanol–water partition coefficient (Wildman–Crippen LogP) is 7.33. The van der Waals surface area contributed by atoms with E-state index in [-0.39, 0.29) is 11.4 Å². The van der Waals surface area contributed by atoms with Gasteiger partial charge < -0.3 is 9.72 Å². The van der Waals surface area contributed by atoms with Gasteiger partial charge in [-0.3, -0.25) is 4.90 Å². The molecule has 1 saturated heterocycles. The highest BCUT2D eigenvalue weighted by atomic mass is 28.3. The van der Waals surface area contributed by atoms with Gasteiger partial charge in [0.05, 0.1) is 6.61 Å². The number of nitrogens with zero attached hydrogens (tertiary/aromatic N) is 1. The summed E-state index contributed by atoms with van der Waals surface area (Å²) in [4.78, 5) is 6.46. The van der Waals surface area contributed by atoms with Gasteiger partial charge in [-0.1, -0.05) is 69.2 Å². The normalized spacial score (nSPS) is 23.2. The molecule has 0 atom stereocenters. The van der Waals surface area contributed by atoms with Crippen molar-refractivity contribution in [1.29, 1.82) is 0 Å². The first kappa shape index (κ1) is 25.7. The summed E-state index contributed by atoms with van der Waals surface area (Å²) in [5, 5.41) is 2.40. The van der Waals surface area contributed by atoms with Gasteiger partial charge in [0.2, 0.25) is 0 Å². The number of H-pyrrole nitrogens is 1. The molecule has 36 heavy (non-hydrogen) atoms. The average molecular weight is 507 g/mol. The van der Waals surface area contributed by atoms with E-state index in [9.17, 15) is 4.39 Å². The Morgan fingerprint density at radius 2 is 1.69 bits per heavy atom. The Bertz CT molecular complexity index is 1140. The third-order valence-electron chi connectivity index (χ3n) is 9.73. The Morgan fingerprint density at radius 1 is 1.00 bits per heavy atom. The number of hydrogen-bond donors (Lipinski definition) is 1. The van der Waals surface area contributed by atoms with Crippen molar-refractivity contribution in [2.75, 3.05) is 19.7 Å². The van der Waals surface area contributed by atoms with Gasteiger partial charge in [0, 0.05) is 47.0 Å². The minimum atomic E-state index is -1.66. The lowest BCUT2D eigenvalue weighted by molar-refractivity contribution is -0.0266. The van der Waals surface area contributed by atoms with Gasteiger partial charge in [-0.15, -0.1) is 0 Å². The Labute approximate surface area is 217 Å². The van der Waals surface area contributed by atoms with E-state index in [1.165, 1.54) is 79.8 Å². The van der Waals surface area contributed by atoms with Crippen LogP contribution in [0.25, 0.3) is 10.9 Å². The number of nitrogens with one attached hydrogen (secondary N) is 1. The van der Waals surface area contributed by atoms with Crippen molar-refractivity contribution in [3.63, 3.8) is 0 Å². The van der Waals surface area contributed by atoms with Crippen LogP contribution in [0.2, 0.25) is 18.1 Å². The fraction of sp³-hybridized carbons (Fsp3) is 0.548. The van der Waals surface area contributed by atoms with E-state index in [2.05, 4.69) is 61.0 Å². The molecular weight excluding hydrogens is 463 g/mol. The first-order chi connectivity index (χ1) is 17.5. The Morgan fingerprint density at radius 3 is 2.31 bits per heavy atom. The largest absolute Gasteiger partial charge is 0.376 e. The number of aromatic nitrogens is 1. The van der Waals surface area contributed by atoms with Gasteiger partial charge in [0.15, 0.2) is 0 Å². The van der Waals surface area contributed by atoms with Crippen molar-refractivity contribution in [2.24, 2.45) is 5.92 Å². The van der Waals surface area contributed by atoms with Gasteiger partial charge in [-0.2, -0.15) is 0 Å². The van der Waals surface area contributed by atoms with E-state index in [4.69, 9.17) is 4.74 Å². The molecule has 1 saturated carbocycles. The fourth-order valence-corrected chi connectivity index (χ4v) is 10.8. The standard InChI is InChI=1S/C31H43FN2OSi/c1-4-36(5-2,6-3)30-28(27-21-26(32)13-14-29(27)33-30)23-35-22-24-15-17-31(18-16-24,34-19-10-20-34)25-11-8-7-9-12-25/h7-9,11-14,21,24,33H,4-6,10,15-20,22-23H2,1-3H3. The summed E-state index contributed by atoms with van der Waals surface area (Å²) >= 11 is 0. The first-order valence-corrected chi connectivity index (χ1v) is 16.9. The zero-order chi connectivity index (χ0) is 25.2. The molecule has 194 valence electrons. The van der Waals surface area contributed by atoms with E-state index in [0.717, 1.165) is 17.5 Å². The minimum absolute atomic E-state index is 0.165. The molecule has 3 nitrogen and oxygen atoms in total. The molecule has 3 aromatic rings. The lowest BCUT2D eigenvalue weighted by atomic mass is 9.71. The van der Waals surface area contributed by atoms with E-state index in [1.54, 1.807) is 12.1 Å². The molecule has 5 rings (SSSR count). The lowest BCUT2D eigenvalue weighted by Crippen LogP contribution is -2.54. The van der Waals surface area contributed by atoms with Gasteiger partial charge in [0.25, 0.3) is 0 Å². The molecule has 5 heteroatoms. The quantitative estimate of drug-likeness (QED) is 0.292.